The first-order chi connectivity index (χ1) is 18.5. The molecule has 0 spiro atoms. The van der Waals surface area contributed by atoms with Gasteiger partial charge in [-0.15, -0.1) is 0 Å². The van der Waals surface area contributed by atoms with Gasteiger partial charge in [-0.2, -0.15) is 21.6 Å². The first-order valence-corrected chi connectivity index (χ1v) is 13.5. The maximum absolute atomic E-state index is 13.0. The molecular formula is C29H27F3O6S. The van der Waals surface area contributed by atoms with Crippen LogP contribution in [0.15, 0.2) is 60.0 Å². The summed E-state index contributed by atoms with van der Waals surface area (Å²) >= 11 is 0. The Morgan fingerprint density at radius 3 is 2.33 bits per heavy atom. The van der Waals surface area contributed by atoms with Crippen molar-refractivity contribution in [3.05, 3.63) is 82.9 Å². The third kappa shape index (κ3) is 5.90. The molecule has 4 rings (SSSR count). The quantitative estimate of drug-likeness (QED) is 0.201. The average Bonchev–Trinajstić information content (AvgIpc) is 3.35. The zero-order chi connectivity index (χ0) is 28.4. The van der Waals surface area contributed by atoms with E-state index in [1.165, 1.54) is 13.2 Å². The first-order valence-electron chi connectivity index (χ1n) is 12.0. The molecule has 1 aliphatic heterocycles. The second kappa shape index (κ2) is 11.1. The van der Waals surface area contributed by atoms with Crippen molar-refractivity contribution in [1.82, 2.24) is 0 Å². The van der Waals surface area contributed by atoms with E-state index in [1.54, 1.807) is 12.1 Å². The van der Waals surface area contributed by atoms with Crippen molar-refractivity contribution in [2.75, 3.05) is 13.9 Å². The van der Waals surface area contributed by atoms with Gasteiger partial charge in [-0.25, -0.2) is 0 Å². The molecule has 0 atom stereocenters. The Morgan fingerprint density at radius 1 is 1.08 bits per heavy atom. The summed E-state index contributed by atoms with van der Waals surface area (Å²) in [5, 5.41) is 0. The number of benzene rings is 3. The van der Waals surface area contributed by atoms with Gasteiger partial charge in [0, 0.05) is 5.56 Å². The maximum Gasteiger partial charge on any atom is 0.416 e. The highest BCUT2D eigenvalue weighted by Crippen LogP contribution is 2.41. The molecule has 0 saturated heterocycles. The van der Waals surface area contributed by atoms with Crippen LogP contribution in [0.3, 0.4) is 0 Å². The number of alkyl halides is 3. The Balaban J connectivity index is 1.76. The third-order valence-electron chi connectivity index (χ3n) is 6.20. The van der Waals surface area contributed by atoms with E-state index in [2.05, 4.69) is 13.5 Å². The van der Waals surface area contributed by atoms with Gasteiger partial charge < -0.3 is 18.4 Å². The van der Waals surface area contributed by atoms with Crippen LogP contribution in [-0.2, 0) is 22.7 Å². The van der Waals surface area contributed by atoms with Gasteiger partial charge in [0.15, 0.2) is 23.0 Å². The molecule has 0 unspecified atom stereocenters. The molecule has 0 bridgehead atoms. The minimum atomic E-state index is -4.60. The van der Waals surface area contributed by atoms with Crippen LogP contribution in [0.5, 0.6) is 23.0 Å². The monoisotopic (exact) mass is 560 g/mol. The average molecular weight is 561 g/mol. The molecule has 1 heterocycles. The van der Waals surface area contributed by atoms with Gasteiger partial charge in [0.2, 0.25) is 6.79 Å². The van der Waals surface area contributed by atoms with Gasteiger partial charge in [0.05, 0.1) is 12.7 Å². The molecule has 0 radical (unpaired) electrons. The van der Waals surface area contributed by atoms with E-state index in [1.807, 2.05) is 25.1 Å². The second-order valence-corrected chi connectivity index (χ2v) is 10.3. The lowest BCUT2D eigenvalue weighted by molar-refractivity contribution is -0.137. The summed E-state index contributed by atoms with van der Waals surface area (Å²) < 4.78 is 86.8. The summed E-state index contributed by atoms with van der Waals surface area (Å²) in [5.41, 5.74) is 2.86. The highest BCUT2D eigenvalue weighted by atomic mass is 32.2. The molecule has 0 N–H and O–H groups in total. The summed E-state index contributed by atoms with van der Waals surface area (Å²) in [4.78, 5) is -0.436. The third-order valence-corrected chi connectivity index (χ3v) is 7.43. The summed E-state index contributed by atoms with van der Waals surface area (Å²) in [7, 11) is -3.15. The zero-order valence-corrected chi connectivity index (χ0v) is 22.4. The van der Waals surface area contributed by atoms with E-state index >= 15 is 0 Å². The van der Waals surface area contributed by atoms with Crippen molar-refractivity contribution in [1.29, 1.82) is 0 Å². The predicted octanol–water partition coefficient (Wildman–Crippen LogP) is 7.37. The Labute approximate surface area is 225 Å². The van der Waals surface area contributed by atoms with Crippen LogP contribution in [0, 0.1) is 0 Å². The molecule has 0 aliphatic carbocycles. The van der Waals surface area contributed by atoms with Crippen molar-refractivity contribution in [3.63, 3.8) is 0 Å². The fourth-order valence-electron chi connectivity index (χ4n) is 4.28. The van der Waals surface area contributed by atoms with Crippen LogP contribution >= 0.6 is 0 Å². The summed E-state index contributed by atoms with van der Waals surface area (Å²) in [6, 6.07) is 10.2. The number of ether oxygens (including phenoxy) is 3. The smallest absolute Gasteiger partial charge is 0.416 e. The number of hydrogen-bond acceptors (Lipinski definition) is 6. The lowest BCUT2D eigenvalue weighted by Crippen LogP contribution is -2.12. The van der Waals surface area contributed by atoms with Crippen molar-refractivity contribution in [3.8, 4) is 23.0 Å². The largest absolute Gasteiger partial charge is 0.493 e. The molecule has 3 aromatic carbocycles. The number of methoxy groups -OCH3 is 1. The predicted molar refractivity (Wildman–Crippen MR) is 142 cm³/mol. The van der Waals surface area contributed by atoms with Crippen LogP contribution in [0.2, 0.25) is 0 Å². The van der Waals surface area contributed by atoms with Gasteiger partial charge in [-0.1, -0.05) is 38.1 Å². The summed E-state index contributed by atoms with van der Waals surface area (Å²) in [6.07, 6.45) is 0.431. The fourth-order valence-corrected chi connectivity index (χ4v) is 5.24. The van der Waals surface area contributed by atoms with Gasteiger partial charge in [0.1, 0.15) is 4.90 Å². The molecular weight excluding hydrogens is 533 g/mol. The molecule has 39 heavy (non-hydrogen) atoms. The summed E-state index contributed by atoms with van der Waals surface area (Å²) in [6.45, 7) is 7.98. The Morgan fingerprint density at radius 2 is 1.74 bits per heavy atom. The second-order valence-electron chi connectivity index (χ2n) is 8.80. The highest BCUT2D eigenvalue weighted by molar-refractivity contribution is 7.87. The Hall–Kier alpha value is -3.92. The molecule has 0 fully saturated rings. The van der Waals surface area contributed by atoms with Crippen LogP contribution in [-0.4, -0.2) is 22.3 Å². The number of fused-ring (bicyclic) bond motifs is 1. The Bertz CT molecular complexity index is 1520. The molecule has 3 aromatic rings. The number of allylic oxidation sites excluding steroid dienone is 1. The number of aryl methyl sites for hydroxylation is 1. The number of halogens is 3. The van der Waals surface area contributed by atoms with Crippen LogP contribution in [0.4, 0.5) is 13.2 Å². The normalized spacial score (nSPS) is 13.3. The minimum absolute atomic E-state index is 0.116. The van der Waals surface area contributed by atoms with E-state index in [0.717, 1.165) is 41.7 Å². The molecule has 10 heteroatoms. The minimum Gasteiger partial charge on any atom is -0.493 e. The molecule has 1 aliphatic rings. The molecule has 6 nitrogen and oxygen atoms in total. The van der Waals surface area contributed by atoms with Gasteiger partial charge in [-0.05, 0) is 78.1 Å². The molecule has 206 valence electrons. The van der Waals surface area contributed by atoms with E-state index in [9.17, 15) is 21.6 Å². The van der Waals surface area contributed by atoms with Crippen molar-refractivity contribution >= 4 is 27.8 Å². The molecule has 0 amide bonds. The van der Waals surface area contributed by atoms with E-state index in [-0.39, 0.29) is 18.3 Å². The Kier molecular flexibility index (Phi) is 7.96. The van der Waals surface area contributed by atoms with Gasteiger partial charge in [-0.3, -0.25) is 0 Å². The molecule has 0 aromatic heterocycles. The van der Waals surface area contributed by atoms with E-state index < -0.39 is 26.8 Å². The standard InChI is InChI=1S/C29H27F3O6S/c1-5-7-19-15-26-27(37-17-36-26)16-24(19)18(3)14-20-8-13-25(35-4)28(23(20)6-2)38-39(33,34)22-11-9-21(10-12-22)29(30,31)32/h6,8-16H,2,5,7,17H2,1,3-4H3/b18-14+. The van der Waals surface area contributed by atoms with Crippen LogP contribution in [0.1, 0.15) is 48.1 Å². The van der Waals surface area contributed by atoms with Gasteiger partial charge in [0.25, 0.3) is 0 Å². The topological polar surface area (TPSA) is 71.1 Å². The SMILES string of the molecule is C=Cc1c(/C=C(\C)c2cc3c(cc2CCC)OCO3)ccc(OC)c1OS(=O)(=O)c1ccc(C(F)(F)F)cc1. The van der Waals surface area contributed by atoms with Crippen molar-refractivity contribution < 1.29 is 40.0 Å². The van der Waals surface area contributed by atoms with Crippen LogP contribution in [0.25, 0.3) is 17.7 Å². The van der Waals surface area contributed by atoms with Crippen molar-refractivity contribution in [2.45, 2.75) is 37.8 Å². The lowest BCUT2D eigenvalue weighted by atomic mass is 9.94. The molecule has 0 saturated carbocycles. The van der Waals surface area contributed by atoms with Gasteiger partial charge >= 0.3 is 16.3 Å². The van der Waals surface area contributed by atoms with Crippen LogP contribution < -0.4 is 18.4 Å². The first kappa shape index (κ1) is 28.1. The number of hydrogen-bond donors (Lipinski definition) is 0. The number of rotatable bonds is 9. The fraction of sp³-hybridized carbons (Fsp3) is 0.241. The summed E-state index contributed by atoms with van der Waals surface area (Å²) in [5.74, 6) is 1.32. The van der Waals surface area contributed by atoms with E-state index in [4.69, 9.17) is 18.4 Å². The zero-order valence-electron chi connectivity index (χ0n) is 21.6. The van der Waals surface area contributed by atoms with E-state index in [0.29, 0.717) is 34.8 Å². The lowest BCUT2D eigenvalue weighted by Gasteiger charge is -2.16. The highest BCUT2D eigenvalue weighted by Gasteiger charge is 2.31. The van der Waals surface area contributed by atoms with Crippen molar-refractivity contribution in [2.24, 2.45) is 0 Å². The maximum atomic E-state index is 13.0.